The average Bonchev–Trinajstić information content (AvgIpc) is 3.17. The molecule has 1 aromatic rings. The Morgan fingerprint density at radius 3 is 2.03 bits per heavy atom. The van der Waals surface area contributed by atoms with Crippen LogP contribution >= 0.6 is 0 Å². The molecule has 0 spiro atoms. The Morgan fingerprint density at radius 1 is 0.864 bits per heavy atom. The third-order valence-electron chi connectivity index (χ3n) is 9.42. The highest BCUT2D eigenvalue weighted by atomic mass is 16.5. The average molecular weight is 828 g/mol. The van der Waals surface area contributed by atoms with Crippen molar-refractivity contribution in [3.8, 4) is 5.75 Å². The largest absolute Gasteiger partial charge is 0.508 e. The monoisotopic (exact) mass is 827 g/mol. The van der Waals surface area contributed by atoms with Gasteiger partial charge < -0.3 is 52.2 Å². The zero-order valence-corrected chi connectivity index (χ0v) is 34.8. The first-order valence-corrected chi connectivity index (χ1v) is 19.2. The van der Waals surface area contributed by atoms with Gasteiger partial charge in [-0.05, 0) is 70.6 Å². The molecule has 59 heavy (non-hydrogen) atoms. The van der Waals surface area contributed by atoms with Crippen molar-refractivity contribution in [2.75, 3.05) is 0 Å². The first kappa shape index (κ1) is 48.9. The molecule has 7 unspecified atom stereocenters. The van der Waals surface area contributed by atoms with Crippen LogP contribution in [0.15, 0.2) is 47.7 Å². The predicted octanol–water partition coefficient (Wildman–Crippen LogP) is -0.0283. The molecule has 1 saturated heterocycles. The fraction of sp³-hybridized carbons (Fsp3) is 0.525. The number of allylic oxidation sites excluding steroid dienone is 2. The summed E-state index contributed by atoms with van der Waals surface area (Å²) >= 11 is 0. The molecule has 19 nitrogen and oxygen atoms in total. The molecule has 7 amide bonds. The lowest BCUT2D eigenvalue weighted by atomic mass is 10.00. The number of amides is 7. The molecule has 0 saturated carbocycles. The Kier molecular flexibility index (Phi) is 18.7. The van der Waals surface area contributed by atoms with Gasteiger partial charge in [0.2, 0.25) is 35.4 Å². The lowest BCUT2D eigenvalue weighted by Crippen LogP contribution is -2.62. The van der Waals surface area contributed by atoms with Crippen molar-refractivity contribution in [3.63, 3.8) is 0 Å². The van der Waals surface area contributed by atoms with E-state index < -0.39 is 114 Å². The lowest BCUT2D eigenvalue weighted by molar-refractivity contribution is -0.157. The molecule has 0 radical (unpaired) electrons. The first-order chi connectivity index (χ1) is 27.6. The van der Waals surface area contributed by atoms with E-state index in [2.05, 4.69) is 37.2 Å². The zero-order valence-electron chi connectivity index (χ0n) is 34.8. The highest BCUT2D eigenvalue weighted by molar-refractivity contribution is 6.02. The van der Waals surface area contributed by atoms with Crippen molar-refractivity contribution in [1.29, 1.82) is 0 Å². The maximum absolute atomic E-state index is 14.2. The van der Waals surface area contributed by atoms with Crippen LogP contribution < -0.4 is 37.2 Å². The standard InChI is InChI=1S/C40H57N7O12/c1-10-21(7)33(51)45-30(19(3)4)38(56)44-28(18-24-12-14-25(48)15-13-24)37(55)47-32-23(9)59-40(58)31(20(5)6)46-36(54)27(16-17-29(49)50)43-35(53)26(11-2)42-34(52)22(8)41-39(32)57/h10-15,19-20,22-23,27-28,30-32,48H,16-18H2,1-9H3,(H,41,57)(H,42,52)(H,43,53)(H,44,56)(H,45,51)(H,46,54)(H,47,55)(H,49,50). The third kappa shape index (κ3) is 14.9. The molecular weight excluding hydrogens is 770 g/mol. The Balaban J connectivity index is 2.61. The molecule has 1 aliphatic rings. The number of ether oxygens (including phenoxy) is 1. The number of aliphatic carboxylic acids is 1. The molecule has 1 fully saturated rings. The number of benzene rings is 1. The number of nitrogens with one attached hydrogen (secondary N) is 7. The highest BCUT2D eigenvalue weighted by Gasteiger charge is 2.38. The number of carbonyl (C=O) groups is 9. The second kappa shape index (κ2) is 22.6. The van der Waals surface area contributed by atoms with E-state index in [0.29, 0.717) is 11.1 Å². The molecule has 324 valence electrons. The smallest absolute Gasteiger partial charge is 0.329 e. The van der Waals surface area contributed by atoms with Crippen LogP contribution in [0.25, 0.3) is 0 Å². The molecule has 9 N–H and O–H groups in total. The van der Waals surface area contributed by atoms with Gasteiger partial charge in [0.05, 0.1) is 0 Å². The van der Waals surface area contributed by atoms with E-state index in [4.69, 9.17) is 4.74 Å². The molecule has 2 rings (SSSR count). The van der Waals surface area contributed by atoms with Gasteiger partial charge in [-0.3, -0.25) is 38.4 Å². The van der Waals surface area contributed by atoms with Crippen LogP contribution in [0.4, 0.5) is 0 Å². The van der Waals surface area contributed by atoms with Crippen molar-refractivity contribution in [2.24, 2.45) is 11.8 Å². The first-order valence-electron chi connectivity index (χ1n) is 19.2. The van der Waals surface area contributed by atoms with E-state index in [9.17, 15) is 53.4 Å². The summed E-state index contributed by atoms with van der Waals surface area (Å²) in [5.74, 6) is -9.45. The van der Waals surface area contributed by atoms with Crippen molar-refractivity contribution in [3.05, 3.63) is 53.3 Å². The Bertz CT molecular complexity index is 1810. The minimum Gasteiger partial charge on any atom is -0.508 e. The van der Waals surface area contributed by atoms with Crippen LogP contribution in [0.3, 0.4) is 0 Å². The van der Waals surface area contributed by atoms with Crippen LogP contribution in [-0.2, 0) is 54.3 Å². The van der Waals surface area contributed by atoms with E-state index >= 15 is 0 Å². The van der Waals surface area contributed by atoms with Gasteiger partial charge in [-0.15, -0.1) is 0 Å². The highest BCUT2D eigenvalue weighted by Crippen LogP contribution is 2.15. The SMILES string of the molecule is CC=C(C)C(=O)NC(C(=O)NC(Cc1ccc(O)cc1)C(=O)NC1C(=O)NC(C)C(=O)NC(=CC)C(=O)NC(CCC(=O)O)C(=O)NC(C(C)C)C(=O)OC1C)C(C)C. The molecule has 0 aromatic heterocycles. The van der Waals surface area contributed by atoms with Gasteiger partial charge in [-0.1, -0.05) is 52.0 Å². The van der Waals surface area contributed by atoms with E-state index in [0.717, 1.165) is 0 Å². The number of esters is 1. The summed E-state index contributed by atoms with van der Waals surface area (Å²) in [6.45, 7) is 13.7. The number of cyclic esters (lactones) is 1. The molecule has 0 bridgehead atoms. The van der Waals surface area contributed by atoms with Crippen molar-refractivity contribution in [2.45, 2.75) is 124 Å². The van der Waals surface area contributed by atoms with Crippen LogP contribution in [0.2, 0.25) is 0 Å². The van der Waals surface area contributed by atoms with Gasteiger partial charge >= 0.3 is 11.9 Å². The second-order valence-corrected chi connectivity index (χ2v) is 14.8. The number of aromatic hydroxyl groups is 1. The number of carboxylic acid groups (broad SMARTS) is 1. The fourth-order valence-electron chi connectivity index (χ4n) is 5.63. The topological polar surface area (TPSA) is 288 Å². The van der Waals surface area contributed by atoms with Gasteiger partial charge in [0.15, 0.2) is 0 Å². The summed E-state index contributed by atoms with van der Waals surface area (Å²) in [5.41, 5.74) is 0.493. The quantitative estimate of drug-likeness (QED) is 0.0937. The van der Waals surface area contributed by atoms with Crippen LogP contribution in [-0.4, -0.2) is 106 Å². The molecule has 1 heterocycles. The zero-order chi connectivity index (χ0) is 44.7. The number of phenolic OH excluding ortho intramolecular Hbond substituents is 1. The van der Waals surface area contributed by atoms with Crippen LogP contribution in [0, 0.1) is 11.8 Å². The maximum atomic E-state index is 14.2. The third-order valence-corrected chi connectivity index (χ3v) is 9.42. The fourth-order valence-corrected chi connectivity index (χ4v) is 5.63. The summed E-state index contributed by atoms with van der Waals surface area (Å²) in [4.78, 5) is 120. The number of phenols is 1. The number of hydrogen-bond acceptors (Lipinski definition) is 11. The van der Waals surface area contributed by atoms with Crippen LogP contribution in [0.1, 0.15) is 80.7 Å². The number of rotatable bonds is 13. The summed E-state index contributed by atoms with van der Waals surface area (Å²) in [6, 6.07) is -2.74. The van der Waals surface area contributed by atoms with E-state index in [1.54, 1.807) is 47.6 Å². The Labute approximate surface area is 342 Å². The van der Waals surface area contributed by atoms with Gasteiger partial charge in [0, 0.05) is 18.4 Å². The van der Waals surface area contributed by atoms with Gasteiger partial charge in [0.1, 0.15) is 53.8 Å². The molecule has 0 aliphatic carbocycles. The summed E-state index contributed by atoms with van der Waals surface area (Å²) in [6.07, 6.45) is 0.205. The number of carbonyl (C=O) groups excluding carboxylic acids is 8. The molecular formula is C40H57N7O12. The Morgan fingerprint density at radius 2 is 1.49 bits per heavy atom. The molecule has 19 heteroatoms. The molecule has 1 aromatic carbocycles. The minimum absolute atomic E-state index is 0.0638. The van der Waals surface area contributed by atoms with Gasteiger partial charge in [-0.25, -0.2) is 4.79 Å². The minimum atomic E-state index is -1.73. The van der Waals surface area contributed by atoms with Crippen molar-refractivity contribution < 1.29 is 58.1 Å². The second-order valence-electron chi connectivity index (χ2n) is 14.8. The normalized spacial score (nSPS) is 22.9. The van der Waals surface area contributed by atoms with Gasteiger partial charge in [-0.2, -0.15) is 0 Å². The van der Waals surface area contributed by atoms with Crippen molar-refractivity contribution >= 4 is 53.3 Å². The summed E-state index contributed by atoms with van der Waals surface area (Å²) in [5, 5.41) is 36.6. The van der Waals surface area contributed by atoms with E-state index in [1.807, 2.05) is 0 Å². The van der Waals surface area contributed by atoms with E-state index in [1.165, 1.54) is 51.1 Å². The van der Waals surface area contributed by atoms with Crippen LogP contribution in [0.5, 0.6) is 5.75 Å². The molecule has 7 atom stereocenters. The number of carboxylic acids is 1. The van der Waals surface area contributed by atoms with E-state index in [-0.39, 0.29) is 24.3 Å². The van der Waals surface area contributed by atoms with Gasteiger partial charge in [0.25, 0.3) is 5.91 Å². The summed E-state index contributed by atoms with van der Waals surface area (Å²) in [7, 11) is 0. The predicted molar refractivity (Wildman–Crippen MR) is 212 cm³/mol. The van der Waals surface area contributed by atoms with Crippen molar-refractivity contribution in [1.82, 2.24) is 37.2 Å². The summed E-state index contributed by atoms with van der Waals surface area (Å²) < 4.78 is 5.66. The Hall–Kier alpha value is -6.27. The number of hydrogen-bond donors (Lipinski definition) is 9. The maximum Gasteiger partial charge on any atom is 0.329 e. The molecule has 1 aliphatic heterocycles. The lowest BCUT2D eigenvalue weighted by Gasteiger charge is -2.31.